The van der Waals surface area contributed by atoms with Gasteiger partial charge in [0.2, 0.25) is 0 Å². The molecule has 0 saturated carbocycles. The second kappa shape index (κ2) is 16.8. The molecule has 9 heteroatoms. The molecule has 0 aliphatic carbocycles. The lowest BCUT2D eigenvalue weighted by Gasteiger charge is -2.18. The summed E-state index contributed by atoms with van der Waals surface area (Å²) in [4.78, 5) is 26.4. The first-order chi connectivity index (χ1) is 22.6. The van der Waals surface area contributed by atoms with Crippen LogP contribution >= 0.6 is 0 Å². The van der Waals surface area contributed by atoms with E-state index in [1.54, 1.807) is 27.7 Å². The Morgan fingerprint density at radius 2 is 0.830 bits per heavy atom. The van der Waals surface area contributed by atoms with Gasteiger partial charge in [-0.05, 0) is 100 Å². The number of esters is 2. The number of aliphatic hydroxyl groups excluding tert-OH is 2. The maximum Gasteiger partial charge on any atom is 0.343 e. The van der Waals surface area contributed by atoms with E-state index in [0.717, 1.165) is 22.7 Å². The van der Waals surface area contributed by atoms with Gasteiger partial charge in [0.05, 0.1) is 23.4 Å². The van der Waals surface area contributed by atoms with Crippen LogP contribution in [0.2, 0.25) is 0 Å². The molecule has 6 N–H and O–H groups in total. The van der Waals surface area contributed by atoms with Gasteiger partial charge in [-0.25, -0.2) is 9.59 Å². The van der Waals surface area contributed by atoms with Crippen molar-refractivity contribution in [3.05, 3.63) is 132 Å². The van der Waals surface area contributed by atoms with E-state index in [2.05, 4.69) is 21.3 Å². The Kier molecular flexibility index (Phi) is 12.3. The Bertz CT molecular complexity index is 1560. The summed E-state index contributed by atoms with van der Waals surface area (Å²) < 4.78 is 5.29. The molecule has 2 atom stereocenters. The van der Waals surface area contributed by atoms with Crippen molar-refractivity contribution in [1.29, 1.82) is 0 Å². The molecule has 0 aliphatic heterocycles. The highest BCUT2D eigenvalue weighted by Crippen LogP contribution is 2.24. The van der Waals surface area contributed by atoms with Crippen molar-refractivity contribution in [1.82, 2.24) is 0 Å². The van der Waals surface area contributed by atoms with E-state index < -0.39 is 24.1 Å². The average molecular weight is 635 g/mol. The molecule has 0 bridgehead atoms. The quantitative estimate of drug-likeness (QED) is 0.0466. The van der Waals surface area contributed by atoms with Gasteiger partial charge in [0, 0.05) is 58.4 Å². The second-order valence-electron chi connectivity index (χ2n) is 11.4. The Balaban J connectivity index is 1.46. The summed E-state index contributed by atoms with van der Waals surface area (Å²) in [6.07, 6.45) is -1.24. The number of anilines is 6. The van der Waals surface area contributed by atoms with Crippen LogP contribution in [0.15, 0.2) is 132 Å². The minimum atomic E-state index is -0.840. The molecular weight excluding hydrogens is 592 g/mol. The number of carbonyl (C=O) groups excluding carboxylic acids is 2. The van der Waals surface area contributed by atoms with Gasteiger partial charge in [-0.2, -0.15) is 0 Å². The van der Waals surface area contributed by atoms with Crippen LogP contribution in [0.3, 0.4) is 0 Å². The molecule has 2 unspecified atom stereocenters. The lowest BCUT2D eigenvalue weighted by Crippen LogP contribution is -2.21. The van der Waals surface area contributed by atoms with Crippen LogP contribution in [0.4, 0.5) is 34.1 Å². The highest BCUT2D eigenvalue weighted by atomic mass is 16.6. The first-order valence-electron chi connectivity index (χ1n) is 15.5. The van der Waals surface area contributed by atoms with E-state index in [0.29, 0.717) is 22.8 Å². The van der Waals surface area contributed by atoms with Gasteiger partial charge in [0.15, 0.2) is 0 Å². The number of nitrogens with one attached hydrogen (secondary N) is 4. The van der Waals surface area contributed by atoms with Crippen LogP contribution in [-0.4, -0.2) is 34.4 Å². The Morgan fingerprint density at radius 3 is 1.15 bits per heavy atom. The van der Waals surface area contributed by atoms with Gasteiger partial charge in [0.25, 0.3) is 0 Å². The fraction of sp³-hybridized carbons (Fsp3) is 0.211. The standard InChI is InChI=1S/C38H42N4O5/c1-25(43)23-35(41-33-19-15-31(16-20-33)39-29-11-7-5-8-12-29)27(3)37(45)47-38(46)28(4)36(24-26(2)44)42-34-21-17-32(18-22-34)40-30-13-9-6-10-14-30/h5-22,25-26,39-44H,23-24H2,1-4H3. The van der Waals surface area contributed by atoms with Crippen molar-refractivity contribution in [2.75, 3.05) is 21.3 Å². The first kappa shape index (κ1) is 34.5. The monoisotopic (exact) mass is 634 g/mol. The van der Waals surface area contributed by atoms with Crippen molar-refractivity contribution < 1.29 is 24.5 Å². The molecule has 0 aromatic heterocycles. The lowest BCUT2D eigenvalue weighted by atomic mass is 10.1. The van der Waals surface area contributed by atoms with Gasteiger partial charge >= 0.3 is 11.9 Å². The molecule has 0 fully saturated rings. The number of hydrogen-bond donors (Lipinski definition) is 6. The lowest BCUT2D eigenvalue weighted by molar-refractivity contribution is -0.154. The smallest absolute Gasteiger partial charge is 0.343 e. The van der Waals surface area contributed by atoms with Crippen LogP contribution in [0, 0.1) is 0 Å². The largest absolute Gasteiger partial charge is 0.393 e. The fourth-order valence-corrected chi connectivity index (χ4v) is 4.67. The average Bonchev–Trinajstić information content (AvgIpc) is 3.05. The number of aliphatic hydroxyl groups is 2. The Morgan fingerprint density at radius 1 is 0.532 bits per heavy atom. The predicted molar refractivity (Wildman–Crippen MR) is 189 cm³/mol. The molecule has 0 radical (unpaired) electrons. The van der Waals surface area contributed by atoms with Crippen LogP contribution in [-0.2, 0) is 14.3 Å². The van der Waals surface area contributed by atoms with E-state index >= 15 is 0 Å². The summed E-state index contributed by atoms with van der Waals surface area (Å²) in [6.45, 7) is 6.32. The third-order valence-corrected chi connectivity index (χ3v) is 7.19. The Hall–Kier alpha value is -5.38. The summed E-state index contributed by atoms with van der Waals surface area (Å²) >= 11 is 0. The van der Waals surface area contributed by atoms with E-state index in [1.807, 2.05) is 109 Å². The number of ether oxygens (including phenoxy) is 1. The molecule has 0 aliphatic rings. The highest BCUT2D eigenvalue weighted by molar-refractivity contribution is 6.02. The molecule has 47 heavy (non-hydrogen) atoms. The maximum absolute atomic E-state index is 13.2. The van der Waals surface area contributed by atoms with E-state index in [4.69, 9.17) is 4.74 Å². The van der Waals surface area contributed by atoms with Crippen molar-refractivity contribution in [3.63, 3.8) is 0 Å². The van der Waals surface area contributed by atoms with Crippen molar-refractivity contribution in [2.24, 2.45) is 0 Å². The molecule has 4 aromatic carbocycles. The summed E-state index contributed by atoms with van der Waals surface area (Å²) in [6, 6.07) is 34.5. The van der Waals surface area contributed by atoms with Crippen LogP contribution in [0.25, 0.3) is 0 Å². The summed E-state index contributed by atoms with van der Waals surface area (Å²) in [5, 5.41) is 33.3. The zero-order chi connectivity index (χ0) is 33.8. The van der Waals surface area contributed by atoms with E-state index in [9.17, 15) is 19.8 Å². The van der Waals surface area contributed by atoms with Gasteiger partial charge < -0.3 is 36.2 Å². The molecular formula is C38H42N4O5. The molecule has 9 nitrogen and oxygen atoms in total. The molecule has 244 valence electrons. The first-order valence-corrected chi connectivity index (χ1v) is 15.5. The molecule has 0 saturated heterocycles. The van der Waals surface area contributed by atoms with Crippen molar-refractivity contribution in [2.45, 2.75) is 52.7 Å². The van der Waals surface area contributed by atoms with Crippen LogP contribution < -0.4 is 21.3 Å². The van der Waals surface area contributed by atoms with Crippen LogP contribution in [0.1, 0.15) is 40.5 Å². The SMILES string of the molecule is CC(C(=O)OC(=O)C(C)=C(CC(C)O)Nc1ccc(Nc2ccccc2)cc1)=C(CC(C)O)Nc1ccc(Nc2ccccc2)cc1. The summed E-state index contributed by atoms with van der Waals surface area (Å²) in [5.74, 6) is -1.68. The summed E-state index contributed by atoms with van der Waals surface area (Å²) in [7, 11) is 0. The summed E-state index contributed by atoms with van der Waals surface area (Å²) in [5.41, 5.74) is 6.23. The van der Waals surface area contributed by atoms with Crippen molar-refractivity contribution in [3.8, 4) is 0 Å². The Labute approximate surface area is 276 Å². The minimum Gasteiger partial charge on any atom is -0.393 e. The number of benzene rings is 4. The van der Waals surface area contributed by atoms with Gasteiger partial charge in [-0.1, -0.05) is 36.4 Å². The number of carbonyl (C=O) groups is 2. The van der Waals surface area contributed by atoms with E-state index in [-0.39, 0.29) is 24.0 Å². The minimum absolute atomic E-state index is 0.137. The predicted octanol–water partition coefficient (Wildman–Crippen LogP) is 7.86. The third-order valence-electron chi connectivity index (χ3n) is 7.19. The van der Waals surface area contributed by atoms with Crippen molar-refractivity contribution >= 4 is 46.1 Å². The molecule has 4 aromatic rings. The number of hydrogen-bond acceptors (Lipinski definition) is 9. The van der Waals surface area contributed by atoms with Gasteiger partial charge in [-0.3, -0.25) is 0 Å². The van der Waals surface area contributed by atoms with Crippen LogP contribution in [0.5, 0.6) is 0 Å². The number of rotatable bonds is 14. The molecule has 0 heterocycles. The third kappa shape index (κ3) is 10.9. The normalized spacial score (nSPS) is 13.3. The zero-order valence-electron chi connectivity index (χ0n) is 27.1. The zero-order valence-corrected chi connectivity index (χ0v) is 27.1. The molecule has 4 rings (SSSR count). The van der Waals surface area contributed by atoms with Gasteiger partial charge in [0.1, 0.15) is 0 Å². The molecule has 0 spiro atoms. The topological polar surface area (TPSA) is 132 Å². The van der Waals surface area contributed by atoms with E-state index in [1.165, 1.54) is 0 Å². The number of para-hydroxylation sites is 2. The molecule has 0 amide bonds. The van der Waals surface area contributed by atoms with Gasteiger partial charge in [-0.15, -0.1) is 0 Å². The maximum atomic E-state index is 13.2. The fourth-order valence-electron chi connectivity index (χ4n) is 4.67. The highest BCUT2D eigenvalue weighted by Gasteiger charge is 2.21. The second-order valence-corrected chi connectivity index (χ2v) is 11.4.